The number of benzene rings is 1. The summed E-state index contributed by atoms with van der Waals surface area (Å²) in [6, 6.07) is 2.59. The molecule has 0 aliphatic rings. The van der Waals surface area contributed by atoms with E-state index in [2.05, 4.69) is 15.9 Å². The Morgan fingerprint density at radius 3 is 2.58 bits per heavy atom. The number of rotatable bonds is 5. The lowest BCUT2D eigenvalue weighted by Crippen LogP contribution is -2.40. The Balaban J connectivity index is 2.85. The van der Waals surface area contributed by atoms with Crippen molar-refractivity contribution in [1.82, 2.24) is 4.90 Å². The van der Waals surface area contributed by atoms with Crippen molar-refractivity contribution >= 4 is 27.5 Å². The lowest BCUT2D eigenvalue weighted by atomic mass is 10.2. The lowest BCUT2D eigenvalue weighted by molar-refractivity contribution is -0.137. The molecule has 1 aromatic rings. The predicted octanol–water partition coefficient (Wildman–Crippen LogP) is 2.81. The number of anilines is 1. The van der Waals surface area contributed by atoms with E-state index in [1.165, 1.54) is 12.1 Å². The second-order valence-electron chi connectivity index (χ2n) is 4.07. The summed E-state index contributed by atoms with van der Waals surface area (Å²) in [5.74, 6) is -0.451. The van der Waals surface area contributed by atoms with Gasteiger partial charge in [0.1, 0.15) is 11.6 Å². The summed E-state index contributed by atoms with van der Waals surface area (Å²) >= 11 is 3.04. The normalized spacial score (nSPS) is 12.1. The summed E-state index contributed by atoms with van der Waals surface area (Å²) in [5.41, 5.74) is 6.02. The summed E-state index contributed by atoms with van der Waals surface area (Å²) in [7, 11) is 0. The van der Waals surface area contributed by atoms with Crippen molar-refractivity contribution in [3.63, 3.8) is 0 Å². The molecular weight excluding hydrogens is 315 g/mol. The Morgan fingerprint density at radius 2 is 2.05 bits per heavy atom. The van der Waals surface area contributed by atoms with E-state index in [0.717, 1.165) is 0 Å². The van der Waals surface area contributed by atoms with Crippen LogP contribution in [0.3, 0.4) is 0 Å². The molecule has 0 aromatic heterocycles. The number of carbonyl (C=O) groups is 1. The molecule has 0 spiro atoms. The average Bonchev–Trinajstić information content (AvgIpc) is 2.37. The van der Waals surface area contributed by atoms with Gasteiger partial charge in [0.25, 0.3) is 5.91 Å². The van der Waals surface area contributed by atoms with Gasteiger partial charge >= 0.3 is 0 Å². The Hall–Kier alpha value is -1.30. The number of halogens is 2. The minimum absolute atomic E-state index is 0.146. The maximum atomic E-state index is 13.4. The fourth-order valence-corrected chi connectivity index (χ4v) is 2.04. The first-order valence-electron chi connectivity index (χ1n) is 6.10. The molecule has 0 radical (unpaired) electrons. The minimum atomic E-state index is -0.706. The van der Waals surface area contributed by atoms with Gasteiger partial charge in [0, 0.05) is 19.2 Å². The smallest absolute Gasteiger partial charge is 0.263 e. The molecule has 0 aliphatic carbocycles. The second kappa shape index (κ2) is 6.75. The molecule has 6 heteroatoms. The molecule has 0 aliphatic heterocycles. The second-order valence-corrected chi connectivity index (χ2v) is 4.93. The topological polar surface area (TPSA) is 55.6 Å². The molecule has 106 valence electrons. The van der Waals surface area contributed by atoms with Crippen LogP contribution in [0, 0.1) is 5.82 Å². The number of likely N-dealkylation sites (N-methyl/N-ethyl adjacent to an activating group) is 1. The van der Waals surface area contributed by atoms with Crippen LogP contribution in [0.15, 0.2) is 16.6 Å². The van der Waals surface area contributed by atoms with Crippen molar-refractivity contribution < 1.29 is 13.9 Å². The summed E-state index contributed by atoms with van der Waals surface area (Å²) in [4.78, 5) is 13.7. The van der Waals surface area contributed by atoms with Crippen LogP contribution in [-0.4, -0.2) is 30.0 Å². The zero-order valence-corrected chi connectivity index (χ0v) is 12.8. The van der Waals surface area contributed by atoms with Crippen molar-refractivity contribution in [2.75, 3.05) is 18.8 Å². The highest BCUT2D eigenvalue weighted by atomic mass is 79.9. The molecule has 19 heavy (non-hydrogen) atoms. The van der Waals surface area contributed by atoms with Crippen LogP contribution in [0.2, 0.25) is 0 Å². The Bertz CT molecular complexity index is 464. The molecule has 0 bridgehead atoms. The van der Waals surface area contributed by atoms with E-state index in [-0.39, 0.29) is 21.8 Å². The zero-order chi connectivity index (χ0) is 14.6. The van der Waals surface area contributed by atoms with Crippen LogP contribution in [0.4, 0.5) is 10.1 Å². The van der Waals surface area contributed by atoms with Crippen molar-refractivity contribution in [3.8, 4) is 5.75 Å². The molecule has 4 nitrogen and oxygen atoms in total. The number of carbonyl (C=O) groups excluding carboxylic acids is 1. The molecule has 1 amide bonds. The molecule has 1 atom stereocenters. The van der Waals surface area contributed by atoms with Gasteiger partial charge < -0.3 is 15.4 Å². The van der Waals surface area contributed by atoms with E-state index in [1.807, 2.05) is 13.8 Å². The quantitative estimate of drug-likeness (QED) is 0.843. The molecule has 1 aromatic carbocycles. The first kappa shape index (κ1) is 15.8. The molecule has 2 N–H and O–H groups in total. The number of amides is 1. The van der Waals surface area contributed by atoms with Gasteiger partial charge in [0.2, 0.25) is 0 Å². The highest BCUT2D eigenvalue weighted by Crippen LogP contribution is 2.29. The third-order valence-corrected chi connectivity index (χ3v) is 3.39. The largest absolute Gasteiger partial charge is 0.479 e. The average molecular weight is 333 g/mol. The Kier molecular flexibility index (Phi) is 5.60. The zero-order valence-electron chi connectivity index (χ0n) is 11.2. The van der Waals surface area contributed by atoms with Crippen molar-refractivity contribution in [3.05, 3.63) is 22.4 Å². The van der Waals surface area contributed by atoms with Gasteiger partial charge in [0.15, 0.2) is 6.10 Å². The fraction of sp³-hybridized carbons (Fsp3) is 0.462. The van der Waals surface area contributed by atoms with E-state index in [1.54, 1.807) is 11.8 Å². The molecule has 0 saturated carbocycles. The minimum Gasteiger partial charge on any atom is -0.479 e. The summed E-state index contributed by atoms with van der Waals surface area (Å²) in [5, 5.41) is 0. The number of hydrogen-bond acceptors (Lipinski definition) is 3. The van der Waals surface area contributed by atoms with Gasteiger partial charge in [-0.1, -0.05) is 0 Å². The number of hydrogen-bond donors (Lipinski definition) is 1. The number of nitrogen functional groups attached to an aromatic ring is 1. The maximum Gasteiger partial charge on any atom is 0.263 e. The van der Waals surface area contributed by atoms with Crippen LogP contribution in [0.25, 0.3) is 0 Å². The van der Waals surface area contributed by atoms with E-state index in [4.69, 9.17) is 10.5 Å². The van der Waals surface area contributed by atoms with Crippen LogP contribution in [-0.2, 0) is 4.79 Å². The number of nitrogens with two attached hydrogens (primary N) is 1. The van der Waals surface area contributed by atoms with Gasteiger partial charge in [-0.05, 0) is 42.8 Å². The molecular formula is C13H18BrFN2O2. The maximum absolute atomic E-state index is 13.4. The van der Waals surface area contributed by atoms with Crippen molar-refractivity contribution in [1.29, 1.82) is 0 Å². The Morgan fingerprint density at radius 1 is 1.47 bits per heavy atom. The van der Waals surface area contributed by atoms with Crippen LogP contribution in [0.1, 0.15) is 20.8 Å². The van der Waals surface area contributed by atoms with E-state index >= 15 is 0 Å². The summed E-state index contributed by atoms with van der Waals surface area (Å²) in [6.45, 7) is 6.62. The van der Waals surface area contributed by atoms with Crippen LogP contribution >= 0.6 is 15.9 Å². The molecule has 0 heterocycles. The predicted molar refractivity (Wildman–Crippen MR) is 76.5 cm³/mol. The van der Waals surface area contributed by atoms with E-state index in [9.17, 15) is 9.18 Å². The molecule has 1 rings (SSSR count). The third-order valence-electron chi connectivity index (χ3n) is 2.78. The summed E-state index contributed by atoms with van der Waals surface area (Å²) < 4.78 is 19.1. The SMILES string of the molecule is CCN(CC)C(=O)C(C)Oc1cc(F)c(Br)cc1N. The summed E-state index contributed by atoms with van der Waals surface area (Å²) in [6.07, 6.45) is -0.706. The molecule has 0 fully saturated rings. The monoisotopic (exact) mass is 332 g/mol. The standard InChI is InChI=1S/C13H18BrFN2O2/c1-4-17(5-2)13(18)8(3)19-12-7-10(15)9(14)6-11(12)16/h6-8H,4-5,16H2,1-3H3. The Labute approximate surface area is 120 Å². The van der Waals surface area contributed by atoms with Crippen molar-refractivity contribution in [2.24, 2.45) is 0 Å². The van der Waals surface area contributed by atoms with Crippen LogP contribution < -0.4 is 10.5 Å². The van der Waals surface area contributed by atoms with Gasteiger partial charge in [-0.2, -0.15) is 0 Å². The molecule has 1 unspecified atom stereocenters. The van der Waals surface area contributed by atoms with Gasteiger partial charge in [0.05, 0.1) is 10.2 Å². The lowest BCUT2D eigenvalue weighted by Gasteiger charge is -2.23. The van der Waals surface area contributed by atoms with E-state index in [0.29, 0.717) is 13.1 Å². The first-order chi connectivity index (χ1) is 8.90. The highest BCUT2D eigenvalue weighted by Gasteiger charge is 2.21. The van der Waals surface area contributed by atoms with Crippen LogP contribution in [0.5, 0.6) is 5.75 Å². The number of ether oxygens (including phenoxy) is 1. The van der Waals surface area contributed by atoms with Gasteiger partial charge in [-0.15, -0.1) is 0 Å². The fourth-order valence-electron chi connectivity index (χ4n) is 1.68. The first-order valence-corrected chi connectivity index (χ1v) is 6.89. The van der Waals surface area contributed by atoms with Gasteiger partial charge in [-0.25, -0.2) is 4.39 Å². The highest BCUT2D eigenvalue weighted by molar-refractivity contribution is 9.10. The van der Waals surface area contributed by atoms with E-state index < -0.39 is 11.9 Å². The molecule has 0 saturated heterocycles. The van der Waals surface area contributed by atoms with Gasteiger partial charge in [-0.3, -0.25) is 4.79 Å². The van der Waals surface area contributed by atoms with Crippen molar-refractivity contribution in [2.45, 2.75) is 26.9 Å². The number of nitrogens with zero attached hydrogens (tertiary/aromatic N) is 1. The third kappa shape index (κ3) is 3.83.